The number of benzene rings is 1. The van der Waals surface area contributed by atoms with Crippen LogP contribution in [0.25, 0.3) is 0 Å². The molecule has 0 bridgehead atoms. The summed E-state index contributed by atoms with van der Waals surface area (Å²) in [5.41, 5.74) is 0.650. The van der Waals surface area contributed by atoms with Crippen molar-refractivity contribution < 1.29 is 23.9 Å². The van der Waals surface area contributed by atoms with Crippen molar-refractivity contribution in [1.29, 1.82) is 0 Å². The molecule has 23 heavy (non-hydrogen) atoms. The summed E-state index contributed by atoms with van der Waals surface area (Å²) in [5.74, 6) is -1.70. The third-order valence-corrected chi connectivity index (χ3v) is 4.88. The summed E-state index contributed by atoms with van der Waals surface area (Å²) in [4.78, 5) is 51.7. The quantitative estimate of drug-likeness (QED) is 0.442. The minimum absolute atomic E-state index is 0.297. The average molecular weight is 314 g/mol. The van der Waals surface area contributed by atoms with E-state index >= 15 is 0 Å². The van der Waals surface area contributed by atoms with Crippen molar-refractivity contribution in [3.8, 4) is 0 Å². The number of hydrogen-bond donors (Lipinski definition) is 0. The van der Waals surface area contributed by atoms with Crippen LogP contribution in [0.1, 0.15) is 33.6 Å². The molecule has 0 saturated carbocycles. The van der Waals surface area contributed by atoms with E-state index in [4.69, 9.17) is 4.74 Å². The molecule has 1 aromatic carbocycles. The third-order valence-electron chi connectivity index (χ3n) is 4.88. The van der Waals surface area contributed by atoms with Crippen molar-refractivity contribution in [3.05, 3.63) is 35.4 Å². The van der Waals surface area contributed by atoms with Crippen LogP contribution in [-0.4, -0.2) is 58.7 Å². The molecule has 0 aliphatic carbocycles. The summed E-state index contributed by atoms with van der Waals surface area (Å²) < 4.78 is 4.71. The highest BCUT2D eigenvalue weighted by Gasteiger charge is 2.61. The molecule has 3 amide bonds. The molecule has 118 valence electrons. The number of methoxy groups -OCH3 is 1. The molecule has 0 spiro atoms. The van der Waals surface area contributed by atoms with Gasteiger partial charge in [-0.25, -0.2) is 4.79 Å². The maximum Gasteiger partial charge on any atom is 0.328 e. The lowest BCUT2D eigenvalue weighted by atomic mass is 9.94. The molecular formula is C16H14N2O5. The van der Waals surface area contributed by atoms with Gasteiger partial charge in [-0.2, -0.15) is 0 Å². The first kappa shape index (κ1) is 13.9. The summed E-state index contributed by atoms with van der Waals surface area (Å²) in [6, 6.07) is 4.83. The van der Waals surface area contributed by atoms with E-state index in [1.165, 1.54) is 12.0 Å². The number of carbonyl (C=O) groups excluding carboxylic acids is 4. The van der Waals surface area contributed by atoms with Crippen molar-refractivity contribution in [2.75, 3.05) is 7.11 Å². The summed E-state index contributed by atoms with van der Waals surface area (Å²) in [6.45, 7) is 0. The number of β-lactam (4-membered cyclic amide) rings is 1. The van der Waals surface area contributed by atoms with Crippen LogP contribution >= 0.6 is 0 Å². The molecule has 1 aromatic rings. The maximum atomic E-state index is 12.5. The Balaban J connectivity index is 1.63. The smallest absolute Gasteiger partial charge is 0.328 e. The summed E-state index contributed by atoms with van der Waals surface area (Å²) in [7, 11) is 1.28. The molecule has 0 aromatic heterocycles. The number of fused-ring (bicyclic) bond motifs is 2. The van der Waals surface area contributed by atoms with Gasteiger partial charge in [-0.3, -0.25) is 19.3 Å². The van der Waals surface area contributed by atoms with Crippen LogP contribution in [0.3, 0.4) is 0 Å². The standard InChI is InChI=1S/C16H14N2O5/c1-23-16(22)11-7-6-10-12(15(21)17(10)11)18-13(19)8-4-2-3-5-9(8)14(18)20/h2-5,10-12H,6-7H2,1H3/t10-,11+,12+/m0/s1. The van der Waals surface area contributed by atoms with Gasteiger partial charge in [-0.1, -0.05) is 12.1 Å². The molecular weight excluding hydrogens is 300 g/mol. The zero-order chi connectivity index (χ0) is 16.3. The predicted octanol–water partition coefficient (Wildman–Crippen LogP) is 0.197. The van der Waals surface area contributed by atoms with Gasteiger partial charge in [-0.05, 0) is 25.0 Å². The maximum absolute atomic E-state index is 12.5. The van der Waals surface area contributed by atoms with E-state index in [0.717, 1.165) is 4.90 Å². The molecule has 0 radical (unpaired) electrons. The Hall–Kier alpha value is -2.70. The van der Waals surface area contributed by atoms with Crippen molar-refractivity contribution in [3.63, 3.8) is 0 Å². The van der Waals surface area contributed by atoms with Gasteiger partial charge in [-0.15, -0.1) is 0 Å². The van der Waals surface area contributed by atoms with E-state index in [1.807, 2.05) is 0 Å². The second-order valence-corrected chi connectivity index (χ2v) is 5.90. The largest absolute Gasteiger partial charge is 0.467 e. The first-order chi connectivity index (χ1) is 11.1. The monoisotopic (exact) mass is 314 g/mol. The van der Waals surface area contributed by atoms with Gasteiger partial charge in [0.25, 0.3) is 11.8 Å². The second-order valence-electron chi connectivity index (χ2n) is 5.90. The zero-order valence-electron chi connectivity index (χ0n) is 12.4. The Morgan fingerprint density at radius 2 is 1.70 bits per heavy atom. The Morgan fingerprint density at radius 3 is 2.26 bits per heavy atom. The number of esters is 1. The summed E-state index contributed by atoms with van der Waals surface area (Å²) in [6.07, 6.45) is 1.06. The number of amides is 3. The van der Waals surface area contributed by atoms with Crippen LogP contribution in [0.4, 0.5) is 0 Å². The van der Waals surface area contributed by atoms with Gasteiger partial charge in [0.05, 0.1) is 24.3 Å². The number of rotatable bonds is 2. The van der Waals surface area contributed by atoms with E-state index in [9.17, 15) is 19.2 Å². The highest BCUT2D eigenvalue weighted by Crippen LogP contribution is 2.41. The van der Waals surface area contributed by atoms with Crippen LogP contribution in [0.5, 0.6) is 0 Å². The Labute approximate surface area is 131 Å². The minimum atomic E-state index is -0.808. The SMILES string of the molecule is COC(=O)[C@H]1CC[C@H]2[C@@H](N3C(=O)c4ccccc4C3=O)C(=O)N12. The van der Waals surface area contributed by atoms with Crippen LogP contribution in [0.15, 0.2) is 24.3 Å². The lowest BCUT2D eigenvalue weighted by molar-refractivity contribution is -0.164. The Morgan fingerprint density at radius 1 is 1.09 bits per heavy atom. The van der Waals surface area contributed by atoms with E-state index in [2.05, 4.69) is 0 Å². The number of ether oxygens (including phenoxy) is 1. The molecule has 2 fully saturated rings. The summed E-state index contributed by atoms with van der Waals surface area (Å²) in [5, 5.41) is 0. The van der Waals surface area contributed by atoms with Gasteiger partial charge in [0, 0.05) is 0 Å². The number of hydrogen-bond acceptors (Lipinski definition) is 5. The molecule has 2 saturated heterocycles. The van der Waals surface area contributed by atoms with Crippen LogP contribution in [0.2, 0.25) is 0 Å². The number of nitrogens with zero attached hydrogens (tertiary/aromatic N) is 2. The lowest BCUT2D eigenvalue weighted by Crippen LogP contribution is -2.71. The summed E-state index contributed by atoms with van der Waals surface area (Å²) >= 11 is 0. The van der Waals surface area contributed by atoms with Crippen molar-refractivity contribution in [2.45, 2.75) is 31.0 Å². The molecule has 7 heteroatoms. The third kappa shape index (κ3) is 1.64. The van der Waals surface area contributed by atoms with Crippen LogP contribution < -0.4 is 0 Å². The fraction of sp³-hybridized carbons (Fsp3) is 0.375. The predicted molar refractivity (Wildman–Crippen MR) is 76.4 cm³/mol. The topological polar surface area (TPSA) is 84.0 Å². The van der Waals surface area contributed by atoms with Crippen molar-refractivity contribution >= 4 is 23.7 Å². The minimum Gasteiger partial charge on any atom is -0.467 e. The van der Waals surface area contributed by atoms with Crippen molar-refractivity contribution in [2.24, 2.45) is 0 Å². The zero-order valence-corrected chi connectivity index (χ0v) is 12.4. The van der Waals surface area contributed by atoms with Gasteiger partial charge >= 0.3 is 5.97 Å². The Bertz CT molecular complexity index is 724. The normalized spacial score (nSPS) is 28.6. The fourth-order valence-corrected chi connectivity index (χ4v) is 3.81. The Kier molecular flexibility index (Phi) is 2.81. The molecule has 0 N–H and O–H groups in total. The van der Waals surface area contributed by atoms with Crippen molar-refractivity contribution in [1.82, 2.24) is 9.80 Å². The van der Waals surface area contributed by atoms with Crippen LogP contribution in [0, 0.1) is 0 Å². The second kappa shape index (κ2) is 4.65. The molecule has 3 aliphatic rings. The molecule has 0 unspecified atom stereocenters. The van der Waals surface area contributed by atoms with E-state index < -0.39 is 29.9 Å². The fourth-order valence-electron chi connectivity index (χ4n) is 3.81. The number of carbonyl (C=O) groups is 4. The molecule has 7 nitrogen and oxygen atoms in total. The average Bonchev–Trinajstić information content (AvgIpc) is 3.07. The molecule has 3 heterocycles. The highest BCUT2D eigenvalue weighted by atomic mass is 16.5. The highest BCUT2D eigenvalue weighted by molar-refractivity contribution is 6.23. The molecule has 3 aliphatic heterocycles. The number of imide groups is 1. The first-order valence-electron chi connectivity index (χ1n) is 7.43. The van der Waals surface area contributed by atoms with Gasteiger partial charge < -0.3 is 9.64 Å². The van der Waals surface area contributed by atoms with Gasteiger partial charge in [0.2, 0.25) is 5.91 Å². The molecule has 4 rings (SSSR count). The van der Waals surface area contributed by atoms with E-state index in [-0.39, 0.29) is 11.9 Å². The first-order valence-corrected chi connectivity index (χ1v) is 7.43. The van der Waals surface area contributed by atoms with Crippen LogP contribution in [-0.2, 0) is 14.3 Å². The lowest BCUT2D eigenvalue weighted by Gasteiger charge is -2.47. The van der Waals surface area contributed by atoms with E-state index in [1.54, 1.807) is 24.3 Å². The van der Waals surface area contributed by atoms with Gasteiger partial charge in [0.15, 0.2) is 0 Å². The van der Waals surface area contributed by atoms with Gasteiger partial charge in [0.1, 0.15) is 12.1 Å². The molecule has 3 atom stereocenters. The van der Waals surface area contributed by atoms with E-state index in [0.29, 0.717) is 24.0 Å².